The molecule has 37 heavy (non-hydrogen) atoms. The van der Waals surface area contributed by atoms with Gasteiger partial charge in [-0.25, -0.2) is 0 Å². The van der Waals surface area contributed by atoms with Crippen molar-refractivity contribution in [2.45, 2.75) is 123 Å². The van der Waals surface area contributed by atoms with Gasteiger partial charge in [0.25, 0.3) is 0 Å². The van der Waals surface area contributed by atoms with Crippen LogP contribution in [0.5, 0.6) is 0 Å². The molecule has 0 fully saturated rings. The van der Waals surface area contributed by atoms with E-state index in [9.17, 15) is 19.8 Å². The van der Waals surface area contributed by atoms with Crippen LogP contribution in [0.2, 0.25) is 0 Å². The van der Waals surface area contributed by atoms with Crippen LogP contribution >= 0.6 is 12.6 Å². The predicted octanol–water partition coefficient (Wildman–Crippen LogP) is 5.41. The summed E-state index contributed by atoms with van der Waals surface area (Å²) in [5.41, 5.74) is 0. The summed E-state index contributed by atoms with van der Waals surface area (Å²) in [5.74, 6) is 1.31. The van der Waals surface area contributed by atoms with Gasteiger partial charge in [-0.05, 0) is 56.2 Å². The normalized spacial score (nSPS) is 13.4. The second-order valence-corrected chi connectivity index (χ2v) is 10.8. The highest BCUT2D eigenvalue weighted by Crippen LogP contribution is 2.13. The standard InChI is InChI=1S/C29H57NO6S/c1-5-24(6-2)22-35-28(33)16-11-9-14-26(31)20-30(18-13-19-37)21-27(32)15-10-12-17-29(34)36-23-25(7-3)8-4/h24-27,31-32,37H,5-23H2,1-4H3. The zero-order valence-electron chi connectivity index (χ0n) is 24.2. The van der Waals surface area contributed by atoms with Crippen LogP contribution in [-0.2, 0) is 19.1 Å². The van der Waals surface area contributed by atoms with Crippen LogP contribution in [0.25, 0.3) is 0 Å². The fourth-order valence-corrected chi connectivity index (χ4v) is 4.38. The van der Waals surface area contributed by atoms with E-state index < -0.39 is 12.2 Å². The molecule has 0 spiro atoms. The van der Waals surface area contributed by atoms with Crippen molar-refractivity contribution < 1.29 is 29.3 Å². The van der Waals surface area contributed by atoms with Gasteiger partial charge in [0.2, 0.25) is 0 Å². The molecule has 8 heteroatoms. The first-order chi connectivity index (χ1) is 17.8. The summed E-state index contributed by atoms with van der Waals surface area (Å²) in [6.45, 7) is 11.2. The van der Waals surface area contributed by atoms with Crippen LogP contribution in [0.15, 0.2) is 0 Å². The van der Waals surface area contributed by atoms with Gasteiger partial charge in [-0.3, -0.25) is 14.5 Å². The van der Waals surface area contributed by atoms with E-state index in [-0.39, 0.29) is 11.9 Å². The predicted molar refractivity (Wildman–Crippen MR) is 154 cm³/mol. The molecule has 0 rings (SSSR count). The second kappa shape index (κ2) is 24.2. The molecule has 2 atom stereocenters. The summed E-state index contributed by atoms with van der Waals surface area (Å²) < 4.78 is 10.7. The molecule has 0 saturated carbocycles. The van der Waals surface area contributed by atoms with Gasteiger partial charge in [0.15, 0.2) is 0 Å². The Morgan fingerprint density at radius 2 is 1.11 bits per heavy atom. The van der Waals surface area contributed by atoms with Gasteiger partial charge in [-0.15, -0.1) is 0 Å². The summed E-state index contributed by atoms with van der Waals surface area (Å²) in [7, 11) is 0. The SMILES string of the molecule is CCC(CC)COC(=O)CCCCC(O)CN(CCCS)CC(O)CCCCC(=O)OCC(CC)CC. The Bertz CT molecular complexity index is 513. The zero-order valence-corrected chi connectivity index (χ0v) is 25.1. The van der Waals surface area contributed by atoms with Gasteiger partial charge < -0.3 is 19.7 Å². The number of esters is 2. The van der Waals surface area contributed by atoms with Crippen molar-refractivity contribution in [3.63, 3.8) is 0 Å². The summed E-state index contributed by atoms with van der Waals surface area (Å²) in [4.78, 5) is 25.9. The van der Waals surface area contributed by atoms with Gasteiger partial charge >= 0.3 is 11.9 Å². The second-order valence-electron chi connectivity index (χ2n) is 10.4. The van der Waals surface area contributed by atoms with E-state index in [1.807, 2.05) is 0 Å². The lowest BCUT2D eigenvalue weighted by Gasteiger charge is -2.27. The third-order valence-electron chi connectivity index (χ3n) is 7.18. The number of nitrogens with zero attached hydrogens (tertiary/aromatic N) is 1. The molecule has 0 aromatic heterocycles. The molecule has 0 aliphatic rings. The lowest BCUT2D eigenvalue weighted by atomic mass is 10.1. The van der Waals surface area contributed by atoms with Gasteiger partial charge in [-0.2, -0.15) is 12.6 Å². The Morgan fingerprint density at radius 1 is 0.703 bits per heavy atom. The van der Waals surface area contributed by atoms with Crippen molar-refractivity contribution in [1.82, 2.24) is 4.90 Å². The first-order valence-corrected chi connectivity index (χ1v) is 15.4. The number of aliphatic hydroxyl groups is 2. The number of hydrogen-bond acceptors (Lipinski definition) is 8. The van der Waals surface area contributed by atoms with E-state index in [0.717, 1.165) is 57.2 Å². The minimum absolute atomic E-state index is 0.153. The Kier molecular flexibility index (Phi) is 23.7. The Labute approximate surface area is 232 Å². The van der Waals surface area contributed by atoms with Crippen molar-refractivity contribution in [2.75, 3.05) is 38.6 Å². The fraction of sp³-hybridized carbons (Fsp3) is 0.931. The van der Waals surface area contributed by atoms with Gasteiger partial charge in [0, 0.05) is 25.9 Å². The molecule has 2 N–H and O–H groups in total. The summed E-state index contributed by atoms with van der Waals surface area (Å²) in [6.07, 6.45) is 8.89. The average molecular weight is 548 g/mol. The quantitative estimate of drug-likeness (QED) is 0.0799. The van der Waals surface area contributed by atoms with E-state index in [0.29, 0.717) is 76.7 Å². The summed E-state index contributed by atoms with van der Waals surface area (Å²) >= 11 is 4.30. The van der Waals surface area contributed by atoms with Crippen LogP contribution in [0.1, 0.15) is 111 Å². The molecule has 0 aromatic rings. The molecular weight excluding hydrogens is 490 g/mol. The average Bonchev–Trinajstić information content (AvgIpc) is 2.88. The Morgan fingerprint density at radius 3 is 1.46 bits per heavy atom. The van der Waals surface area contributed by atoms with Crippen LogP contribution in [-0.4, -0.2) is 77.9 Å². The molecule has 0 aliphatic heterocycles. The van der Waals surface area contributed by atoms with E-state index in [4.69, 9.17) is 9.47 Å². The van der Waals surface area contributed by atoms with Crippen LogP contribution in [0.3, 0.4) is 0 Å². The Balaban J connectivity index is 4.18. The van der Waals surface area contributed by atoms with E-state index in [2.05, 4.69) is 45.2 Å². The third kappa shape index (κ3) is 20.8. The third-order valence-corrected chi connectivity index (χ3v) is 7.49. The number of hydrogen-bond donors (Lipinski definition) is 3. The molecule has 0 aromatic carbocycles. The van der Waals surface area contributed by atoms with Crippen molar-refractivity contribution in [2.24, 2.45) is 11.8 Å². The van der Waals surface area contributed by atoms with E-state index >= 15 is 0 Å². The topological polar surface area (TPSA) is 96.3 Å². The summed E-state index contributed by atoms with van der Waals surface area (Å²) in [6, 6.07) is 0. The maximum absolute atomic E-state index is 11.9. The number of carbonyl (C=O) groups excluding carboxylic acids is 2. The molecule has 0 saturated heterocycles. The van der Waals surface area contributed by atoms with Crippen molar-refractivity contribution in [1.29, 1.82) is 0 Å². The maximum Gasteiger partial charge on any atom is 0.305 e. The minimum Gasteiger partial charge on any atom is -0.465 e. The molecule has 220 valence electrons. The van der Waals surface area contributed by atoms with Crippen molar-refractivity contribution in [3.05, 3.63) is 0 Å². The number of carbonyl (C=O) groups is 2. The molecule has 0 aliphatic carbocycles. The number of thiol groups is 1. The lowest BCUT2D eigenvalue weighted by molar-refractivity contribution is -0.146. The van der Waals surface area contributed by atoms with Gasteiger partial charge in [0.05, 0.1) is 25.4 Å². The maximum atomic E-state index is 11.9. The van der Waals surface area contributed by atoms with Crippen molar-refractivity contribution >= 4 is 24.6 Å². The largest absolute Gasteiger partial charge is 0.465 e. The molecule has 7 nitrogen and oxygen atoms in total. The number of ether oxygens (including phenoxy) is 2. The van der Waals surface area contributed by atoms with Crippen LogP contribution in [0.4, 0.5) is 0 Å². The monoisotopic (exact) mass is 547 g/mol. The number of rotatable bonds is 25. The van der Waals surface area contributed by atoms with Crippen molar-refractivity contribution in [3.8, 4) is 0 Å². The van der Waals surface area contributed by atoms with Crippen LogP contribution < -0.4 is 0 Å². The molecule has 0 radical (unpaired) electrons. The Hall–Kier alpha value is -0.830. The molecule has 0 bridgehead atoms. The highest BCUT2D eigenvalue weighted by molar-refractivity contribution is 7.80. The number of unbranched alkanes of at least 4 members (excludes halogenated alkanes) is 2. The molecule has 0 heterocycles. The van der Waals surface area contributed by atoms with Crippen LogP contribution in [0, 0.1) is 11.8 Å². The van der Waals surface area contributed by atoms with E-state index in [1.54, 1.807) is 0 Å². The van der Waals surface area contributed by atoms with E-state index in [1.165, 1.54) is 0 Å². The highest BCUT2D eigenvalue weighted by Gasteiger charge is 2.16. The minimum atomic E-state index is -0.502. The van der Waals surface area contributed by atoms with Gasteiger partial charge in [-0.1, -0.05) is 66.2 Å². The number of aliphatic hydroxyl groups excluding tert-OH is 2. The molecular formula is C29H57NO6S. The fourth-order valence-electron chi connectivity index (χ4n) is 4.24. The first-order valence-electron chi connectivity index (χ1n) is 14.8. The highest BCUT2D eigenvalue weighted by atomic mass is 32.1. The van der Waals surface area contributed by atoms with Gasteiger partial charge in [0.1, 0.15) is 0 Å². The summed E-state index contributed by atoms with van der Waals surface area (Å²) in [5, 5.41) is 21.1. The smallest absolute Gasteiger partial charge is 0.305 e. The molecule has 0 amide bonds. The first kappa shape index (κ1) is 36.2. The lowest BCUT2D eigenvalue weighted by Crippen LogP contribution is -2.38. The molecule has 2 unspecified atom stereocenters. The zero-order chi connectivity index (χ0) is 27.9.